The van der Waals surface area contributed by atoms with Gasteiger partial charge < -0.3 is 9.47 Å². The quantitative estimate of drug-likeness (QED) is 0.460. The largest absolute Gasteiger partial charge is 0.496 e. The van der Waals surface area contributed by atoms with Crippen molar-refractivity contribution in [2.75, 3.05) is 7.11 Å². The first-order valence-electron chi connectivity index (χ1n) is 8.34. The molecule has 0 atom stereocenters. The summed E-state index contributed by atoms with van der Waals surface area (Å²) in [5.74, 6) is 0.881. The second-order valence-corrected chi connectivity index (χ2v) is 6.26. The number of halogens is 2. The van der Waals surface area contributed by atoms with Crippen LogP contribution in [0.4, 0.5) is 8.78 Å². The minimum Gasteiger partial charge on any atom is -0.496 e. The SMILES string of the molecule is COc1ccc(/C=N/n2c(C(F)F)n[nH]c2=S)cc1COc1ccccc1C. The highest BCUT2D eigenvalue weighted by Crippen LogP contribution is 2.23. The maximum atomic E-state index is 13.0. The van der Waals surface area contributed by atoms with Gasteiger partial charge >= 0.3 is 0 Å². The number of benzene rings is 2. The van der Waals surface area contributed by atoms with Crippen molar-refractivity contribution in [1.82, 2.24) is 14.9 Å². The van der Waals surface area contributed by atoms with Gasteiger partial charge in [-0.2, -0.15) is 14.9 Å². The molecule has 0 aliphatic heterocycles. The lowest BCUT2D eigenvalue weighted by molar-refractivity contribution is 0.136. The van der Waals surface area contributed by atoms with Gasteiger partial charge in [-0.1, -0.05) is 18.2 Å². The Bertz CT molecular complexity index is 1050. The molecular weight excluding hydrogens is 386 g/mol. The number of methoxy groups -OCH3 is 1. The molecule has 3 aromatic rings. The van der Waals surface area contributed by atoms with Crippen molar-refractivity contribution in [3.63, 3.8) is 0 Å². The predicted octanol–water partition coefficient (Wildman–Crippen LogP) is 4.66. The third kappa shape index (κ3) is 4.42. The maximum absolute atomic E-state index is 13.0. The van der Waals surface area contributed by atoms with Gasteiger partial charge in [0.1, 0.15) is 18.1 Å². The van der Waals surface area contributed by atoms with E-state index >= 15 is 0 Å². The molecule has 0 radical (unpaired) electrons. The molecule has 0 spiro atoms. The lowest BCUT2D eigenvalue weighted by atomic mass is 10.1. The van der Waals surface area contributed by atoms with Crippen LogP contribution in [0.1, 0.15) is 28.9 Å². The van der Waals surface area contributed by atoms with E-state index in [0.29, 0.717) is 11.3 Å². The number of hydrogen-bond donors (Lipinski definition) is 1. The molecule has 0 unspecified atom stereocenters. The van der Waals surface area contributed by atoms with Gasteiger partial charge in [-0.05, 0) is 54.5 Å². The fourth-order valence-corrected chi connectivity index (χ4v) is 2.73. The Hall–Kier alpha value is -3.07. The van der Waals surface area contributed by atoms with E-state index in [1.807, 2.05) is 37.3 Å². The highest BCUT2D eigenvalue weighted by atomic mass is 32.1. The summed E-state index contributed by atoms with van der Waals surface area (Å²) in [6.07, 6.45) is -1.37. The van der Waals surface area contributed by atoms with Crippen LogP contribution in [0.15, 0.2) is 47.6 Å². The number of para-hydroxylation sites is 1. The van der Waals surface area contributed by atoms with E-state index in [-0.39, 0.29) is 11.4 Å². The van der Waals surface area contributed by atoms with Gasteiger partial charge in [-0.15, -0.1) is 0 Å². The van der Waals surface area contributed by atoms with E-state index in [2.05, 4.69) is 15.3 Å². The first-order chi connectivity index (χ1) is 13.5. The van der Waals surface area contributed by atoms with Gasteiger partial charge in [-0.3, -0.25) is 0 Å². The third-order valence-electron chi connectivity index (χ3n) is 3.97. The molecule has 6 nitrogen and oxygen atoms in total. The number of hydrogen-bond acceptors (Lipinski definition) is 5. The number of rotatable bonds is 7. The van der Waals surface area contributed by atoms with E-state index in [1.165, 1.54) is 6.21 Å². The molecule has 0 aliphatic carbocycles. The van der Waals surface area contributed by atoms with Crippen LogP contribution in [0.5, 0.6) is 11.5 Å². The molecule has 3 rings (SSSR count). The first-order valence-corrected chi connectivity index (χ1v) is 8.75. The van der Waals surface area contributed by atoms with Crippen LogP contribution < -0.4 is 9.47 Å². The van der Waals surface area contributed by atoms with Crippen LogP contribution in [0.25, 0.3) is 0 Å². The first kappa shape index (κ1) is 19.7. The lowest BCUT2D eigenvalue weighted by Gasteiger charge is -2.12. The summed E-state index contributed by atoms with van der Waals surface area (Å²) in [6, 6.07) is 13.0. The predicted molar refractivity (Wildman–Crippen MR) is 104 cm³/mol. The summed E-state index contributed by atoms with van der Waals surface area (Å²) in [4.78, 5) is 0. The van der Waals surface area contributed by atoms with E-state index in [0.717, 1.165) is 21.6 Å². The fourth-order valence-electron chi connectivity index (χ4n) is 2.55. The maximum Gasteiger partial charge on any atom is 0.299 e. The van der Waals surface area contributed by atoms with E-state index in [1.54, 1.807) is 19.2 Å². The molecule has 146 valence electrons. The number of alkyl halides is 2. The van der Waals surface area contributed by atoms with Crippen molar-refractivity contribution < 1.29 is 18.3 Å². The standard InChI is InChI=1S/C19H18F2N4O2S/c1-12-5-3-4-6-15(12)27-11-14-9-13(7-8-16(14)26-2)10-22-25-18(17(20)21)23-24-19(25)28/h3-10,17H,11H2,1-2H3,(H,24,28)/b22-10+. The molecular formula is C19H18F2N4O2S. The molecule has 0 saturated carbocycles. The normalized spacial score (nSPS) is 11.3. The van der Waals surface area contributed by atoms with Gasteiger partial charge in [0, 0.05) is 5.56 Å². The molecule has 1 aromatic heterocycles. The summed E-state index contributed by atoms with van der Waals surface area (Å²) in [6.45, 7) is 2.24. The minimum atomic E-state index is -2.79. The zero-order valence-corrected chi connectivity index (χ0v) is 16.0. The Kier molecular flexibility index (Phi) is 6.15. The summed E-state index contributed by atoms with van der Waals surface area (Å²) < 4.78 is 38.1. The van der Waals surface area contributed by atoms with Crippen LogP contribution in [-0.4, -0.2) is 28.2 Å². The van der Waals surface area contributed by atoms with Crippen molar-refractivity contribution in [1.29, 1.82) is 0 Å². The topological polar surface area (TPSA) is 64.4 Å². The molecule has 0 fully saturated rings. The van der Waals surface area contributed by atoms with Gasteiger partial charge in [0.2, 0.25) is 10.6 Å². The average molecular weight is 404 g/mol. The Morgan fingerprint density at radius 3 is 2.75 bits per heavy atom. The molecule has 0 amide bonds. The summed E-state index contributed by atoms with van der Waals surface area (Å²) in [5.41, 5.74) is 2.49. The van der Waals surface area contributed by atoms with Crippen molar-refractivity contribution in [2.45, 2.75) is 20.0 Å². The molecule has 0 saturated heterocycles. The number of aryl methyl sites for hydroxylation is 1. The highest BCUT2D eigenvalue weighted by Gasteiger charge is 2.16. The molecule has 0 aliphatic rings. The molecule has 1 N–H and O–H groups in total. The van der Waals surface area contributed by atoms with Crippen molar-refractivity contribution in [3.8, 4) is 11.5 Å². The number of nitrogens with zero attached hydrogens (tertiary/aromatic N) is 3. The van der Waals surface area contributed by atoms with Crippen molar-refractivity contribution in [2.24, 2.45) is 5.10 Å². The Balaban J connectivity index is 1.84. The number of aromatic amines is 1. The molecule has 2 aromatic carbocycles. The third-order valence-corrected chi connectivity index (χ3v) is 4.24. The number of ether oxygens (including phenoxy) is 2. The van der Waals surface area contributed by atoms with Gasteiger partial charge in [0.05, 0.1) is 13.3 Å². The Morgan fingerprint density at radius 2 is 2.04 bits per heavy atom. The van der Waals surface area contributed by atoms with Crippen LogP contribution in [0.2, 0.25) is 0 Å². The van der Waals surface area contributed by atoms with Crippen molar-refractivity contribution >= 4 is 18.4 Å². The smallest absolute Gasteiger partial charge is 0.299 e. The van der Waals surface area contributed by atoms with Crippen LogP contribution in [0.3, 0.4) is 0 Å². The Labute approximate surface area is 165 Å². The highest BCUT2D eigenvalue weighted by molar-refractivity contribution is 7.71. The molecule has 9 heteroatoms. The summed E-state index contributed by atoms with van der Waals surface area (Å²) >= 11 is 4.94. The van der Waals surface area contributed by atoms with Crippen LogP contribution in [-0.2, 0) is 6.61 Å². The summed E-state index contributed by atoms with van der Waals surface area (Å²) in [7, 11) is 1.57. The van der Waals surface area contributed by atoms with E-state index in [4.69, 9.17) is 21.7 Å². The molecule has 1 heterocycles. The summed E-state index contributed by atoms with van der Waals surface area (Å²) in [5, 5.41) is 9.81. The number of nitrogens with one attached hydrogen (secondary N) is 1. The number of aromatic nitrogens is 3. The van der Waals surface area contributed by atoms with Crippen molar-refractivity contribution in [3.05, 3.63) is 69.8 Å². The van der Waals surface area contributed by atoms with Gasteiger partial charge in [0.15, 0.2) is 0 Å². The zero-order chi connectivity index (χ0) is 20.1. The second kappa shape index (κ2) is 8.75. The average Bonchev–Trinajstić information content (AvgIpc) is 3.06. The minimum absolute atomic E-state index is 0.0110. The van der Waals surface area contributed by atoms with E-state index in [9.17, 15) is 8.78 Å². The van der Waals surface area contributed by atoms with Crippen LogP contribution in [0, 0.1) is 11.7 Å². The molecule has 28 heavy (non-hydrogen) atoms. The number of H-pyrrole nitrogens is 1. The second-order valence-electron chi connectivity index (χ2n) is 5.87. The van der Waals surface area contributed by atoms with E-state index < -0.39 is 12.2 Å². The molecule has 0 bridgehead atoms. The zero-order valence-electron chi connectivity index (χ0n) is 15.2. The van der Waals surface area contributed by atoms with Gasteiger partial charge in [0.25, 0.3) is 6.43 Å². The Morgan fingerprint density at radius 1 is 1.25 bits per heavy atom. The van der Waals surface area contributed by atoms with Gasteiger partial charge in [-0.25, -0.2) is 13.9 Å². The monoisotopic (exact) mass is 404 g/mol. The lowest BCUT2D eigenvalue weighted by Crippen LogP contribution is -2.02. The fraction of sp³-hybridized carbons (Fsp3) is 0.211. The van der Waals surface area contributed by atoms with Crippen LogP contribution >= 0.6 is 12.2 Å².